The molecule has 1 amide bonds. The average molecular weight is 423 g/mol. The third kappa shape index (κ3) is 8.30. The Kier molecular flexibility index (Phi) is 8.06. The quantitative estimate of drug-likeness (QED) is 0.650. The first-order chi connectivity index (χ1) is 12.7. The van der Waals surface area contributed by atoms with E-state index in [1.54, 1.807) is 30.3 Å². The highest BCUT2D eigenvalue weighted by atomic mass is 32.2. The van der Waals surface area contributed by atoms with Crippen molar-refractivity contribution in [3.63, 3.8) is 0 Å². The van der Waals surface area contributed by atoms with Crippen molar-refractivity contribution in [1.82, 2.24) is 5.32 Å². The Labute approximate surface area is 162 Å². The minimum absolute atomic E-state index is 0.0928. The Morgan fingerprint density at radius 2 is 1.75 bits per heavy atom. The Balaban J connectivity index is 2.84. The fourth-order valence-corrected chi connectivity index (χ4v) is 2.56. The van der Waals surface area contributed by atoms with Crippen molar-refractivity contribution in [3.8, 4) is 0 Å². The molecule has 1 rings (SSSR count). The van der Waals surface area contributed by atoms with Crippen molar-refractivity contribution in [1.29, 1.82) is 0 Å². The van der Waals surface area contributed by atoms with Crippen LogP contribution < -0.4 is 5.32 Å². The van der Waals surface area contributed by atoms with E-state index < -0.39 is 45.8 Å². The van der Waals surface area contributed by atoms with Crippen LogP contribution in [0.1, 0.15) is 19.4 Å². The molecule has 158 valence electrons. The molecule has 0 aliphatic heterocycles. The van der Waals surface area contributed by atoms with E-state index in [-0.39, 0.29) is 6.61 Å². The van der Waals surface area contributed by atoms with Crippen molar-refractivity contribution < 1.29 is 36.4 Å². The molecule has 0 saturated heterocycles. The lowest BCUT2D eigenvalue weighted by molar-refractivity contribution is -0.264. The predicted octanol–water partition coefficient (Wildman–Crippen LogP) is 2.55. The van der Waals surface area contributed by atoms with Gasteiger partial charge in [-0.2, -0.15) is 13.2 Å². The second kappa shape index (κ2) is 9.42. The van der Waals surface area contributed by atoms with Crippen molar-refractivity contribution in [3.05, 3.63) is 35.9 Å². The smallest absolute Gasteiger partial charge is 0.416 e. The summed E-state index contributed by atoms with van der Waals surface area (Å²) >= 11 is 0. The molecule has 0 saturated carbocycles. The summed E-state index contributed by atoms with van der Waals surface area (Å²) < 4.78 is 60.5. The molecule has 0 aliphatic rings. The third-order valence-electron chi connectivity index (χ3n) is 3.54. The van der Waals surface area contributed by atoms with Gasteiger partial charge in [0.25, 0.3) is 0 Å². The molecule has 0 fully saturated rings. The first-order valence-corrected chi connectivity index (χ1v) is 10.7. The van der Waals surface area contributed by atoms with Gasteiger partial charge in [0.1, 0.15) is 12.6 Å². The van der Waals surface area contributed by atoms with Crippen LogP contribution in [0.15, 0.2) is 30.3 Å². The minimum atomic E-state index is -4.68. The zero-order valence-corrected chi connectivity index (χ0v) is 16.9. The Morgan fingerprint density at radius 1 is 1.18 bits per heavy atom. The van der Waals surface area contributed by atoms with Crippen LogP contribution in [0, 0.1) is 0 Å². The van der Waals surface area contributed by atoms with Crippen LogP contribution in [0.4, 0.5) is 18.0 Å². The SMILES string of the molecule is CC(C)(OCC(NC(=O)OCc1ccccc1)C(=O)C=S(C)(C)=O)C(F)(F)F. The molecule has 10 heteroatoms. The summed E-state index contributed by atoms with van der Waals surface area (Å²) in [6, 6.07) is 7.20. The van der Waals surface area contributed by atoms with Gasteiger partial charge in [-0.3, -0.25) is 9.00 Å². The van der Waals surface area contributed by atoms with Crippen LogP contribution in [0.2, 0.25) is 0 Å². The monoisotopic (exact) mass is 423 g/mol. The van der Waals surface area contributed by atoms with E-state index in [1.165, 1.54) is 12.5 Å². The van der Waals surface area contributed by atoms with Gasteiger partial charge in [-0.15, -0.1) is 0 Å². The number of ether oxygens (including phenoxy) is 2. The van der Waals surface area contributed by atoms with Crippen LogP contribution in [0.5, 0.6) is 0 Å². The fourth-order valence-electron chi connectivity index (χ4n) is 1.84. The number of benzene rings is 1. The fraction of sp³-hybridized carbons (Fsp3) is 0.500. The molecule has 0 radical (unpaired) electrons. The van der Waals surface area contributed by atoms with E-state index in [4.69, 9.17) is 9.47 Å². The summed E-state index contributed by atoms with van der Waals surface area (Å²) in [7, 11) is -2.64. The van der Waals surface area contributed by atoms with Crippen molar-refractivity contribution in [2.75, 3.05) is 19.1 Å². The number of carbonyl (C=O) groups is 2. The molecule has 0 aliphatic carbocycles. The van der Waals surface area contributed by atoms with Crippen LogP contribution in [0.25, 0.3) is 0 Å². The number of halogens is 3. The molecule has 0 bridgehead atoms. The summed E-state index contributed by atoms with van der Waals surface area (Å²) in [5.41, 5.74) is -1.85. The number of hydrogen-bond donors (Lipinski definition) is 1. The molecule has 1 unspecified atom stereocenters. The second-order valence-electron chi connectivity index (χ2n) is 6.91. The topological polar surface area (TPSA) is 81.7 Å². The van der Waals surface area contributed by atoms with Crippen molar-refractivity contribution >= 4 is 26.8 Å². The number of alkyl halides is 3. The maximum Gasteiger partial charge on any atom is 0.416 e. The Hall–Kier alpha value is -2.07. The number of carbonyl (C=O) groups excluding carboxylic acids is 2. The molecule has 0 spiro atoms. The van der Waals surface area contributed by atoms with Gasteiger partial charge in [0, 0.05) is 17.9 Å². The maximum atomic E-state index is 13.0. The number of nitrogens with one attached hydrogen (secondary N) is 1. The summed E-state index contributed by atoms with van der Waals surface area (Å²) in [5, 5.41) is 3.03. The lowest BCUT2D eigenvalue weighted by atomic mass is 10.1. The molecule has 1 aromatic rings. The Morgan fingerprint density at radius 3 is 2.25 bits per heavy atom. The minimum Gasteiger partial charge on any atom is -0.445 e. The van der Waals surface area contributed by atoms with Crippen LogP contribution in [0.3, 0.4) is 0 Å². The van der Waals surface area contributed by atoms with E-state index >= 15 is 0 Å². The molecule has 1 atom stereocenters. The molecule has 0 heterocycles. The molecule has 28 heavy (non-hydrogen) atoms. The van der Waals surface area contributed by atoms with Gasteiger partial charge in [-0.1, -0.05) is 30.3 Å². The van der Waals surface area contributed by atoms with E-state index in [0.29, 0.717) is 5.56 Å². The average Bonchev–Trinajstić information content (AvgIpc) is 2.55. The van der Waals surface area contributed by atoms with Gasteiger partial charge in [-0.25, -0.2) is 4.79 Å². The summed E-state index contributed by atoms with van der Waals surface area (Å²) in [4.78, 5) is 24.2. The zero-order valence-electron chi connectivity index (χ0n) is 16.0. The van der Waals surface area contributed by atoms with Crippen LogP contribution >= 0.6 is 0 Å². The van der Waals surface area contributed by atoms with Gasteiger partial charge in [0.15, 0.2) is 11.4 Å². The number of Topliss-reactive ketones (excluding diaryl/α,β-unsaturated/α-hetero) is 1. The molecular formula is C18H24F3NO5S. The number of alkyl carbamates (subject to hydrolysis) is 1. The number of rotatable bonds is 8. The lowest BCUT2D eigenvalue weighted by Crippen LogP contribution is -2.50. The zero-order chi connectivity index (χ0) is 21.6. The van der Waals surface area contributed by atoms with E-state index in [9.17, 15) is 27.0 Å². The van der Waals surface area contributed by atoms with Gasteiger partial charge in [-0.05, 0) is 28.9 Å². The second-order valence-corrected chi connectivity index (χ2v) is 9.76. The van der Waals surface area contributed by atoms with Gasteiger partial charge in [0.2, 0.25) is 0 Å². The summed E-state index contributed by atoms with van der Waals surface area (Å²) in [5.74, 6) is -0.829. The largest absolute Gasteiger partial charge is 0.445 e. The highest BCUT2D eigenvalue weighted by Crippen LogP contribution is 2.32. The molecule has 1 aromatic carbocycles. The molecule has 1 N–H and O–H groups in total. The standard InChI is InChI=1S/C18H24F3NO5S/c1-17(2,18(19,20)21)27-11-14(15(23)12-28(3,4)25)22-16(24)26-10-13-8-6-5-7-9-13/h5-9,12,14H,10-11H2,1-4H3,(H,22,24). The van der Waals surface area contributed by atoms with E-state index in [0.717, 1.165) is 19.2 Å². The normalized spacial score (nSPS) is 13.5. The first-order valence-electron chi connectivity index (χ1n) is 8.22. The highest BCUT2D eigenvalue weighted by Gasteiger charge is 2.49. The first kappa shape index (κ1) is 24.0. The van der Waals surface area contributed by atoms with Gasteiger partial charge < -0.3 is 14.8 Å². The lowest BCUT2D eigenvalue weighted by Gasteiger charge is -2.29. The number of hydrogen-bond acceptors (Lipinski definition) is 5. The summed E-state index contributed by atoms with van der Waals surface area (Å²) in [6.45, 7) is 0.742. The van der Waals surface area contributed by atoms with E-state index in [1.807, 2.05) is 0 Å². The predicted molar refractivity (Wildman–Crippen MR) is 101 cm³/mol. The van der Waals surface area contributed by atoms with Gasteiger partial charge >= 0.3 is 12.3 Å². The van der Waals surface area contributed by atoms with Crippen LogP contribution in [-0.2, 0) is 30.4 Å². The van der Waals surface area contributed by atoms with Crippen molar-refractivity contribution in [2.24, 2.45) is 0 Å². The van der Waals surface area contributed by atoms with Crippen LogP contribution in [-0.4, -0.2) is 58.4 Å². The molecular weight excluding hydrogens is 399 g/mol. The maximum absolute atomic E-state index is 13.0. The number of ketones is 1. The third-order valence-corrected chi connectivity index (χ3v) is 4.34. The van der Waals surface area contributed by atoms with Crippen molar-refractivity contribution in [2.45, 2.75) is 38.3 Å². The van der Waals surface area contributed by atoms with E-state index in [2.05, 4.69) is 5.32 Å². The van der Waals surface area contributed by atoms with Gasteiger partial charge in [0.05, 0.1) is 6.61 Å². The highest BCUT2D eigenvalue weighted by molar-refractivity contribution is 8.01. The summed E-state index contributed by atoms with van der Waals surface area (Å²) in [6.07, 6.45) is -3.11. The molecule has 0 aromatic heterocycles. The Bertz CT molecular complexity index is 791. The number of amides is 1. The molecule has 6 nitrogen and oxygen atoms in total.